The lowest BCUT2D eigenvalue weighted by Gasteiger charge is -2.31. The second-order valence-corrected chi connectivity index (χ2v) is 11.2. The quantitative estimate of drug-likeness (QED) is 0.399. The Bertz CT molecular complexity index is 1050. The molecular weight excluding hydrogens is 488 g/mol. The molecule has 0 saturated heterocycles. The lowest BCUT2D eigenvalue weighted by molar-refractivity contribution is -0.401. The Morgan fingerprint density at radius 1 is 1.00 bits per heavy atom. The molecule has 2 aromatic carbocycles. The van der Waals surface area contributed by atoms with Crippen LogP contribution in [0.2, 0.25) is 0 Å². The molecule has 4 heteroatoms. The summed E-state index contributed by atoms with van der Waals surface area (Å²) < 4.78 is 4.64. The second kappa shape index (κ2) is 7.09. The first kappa shape index (κ1) is 20.9. The molecule has 0 amide bonds. The highest BCUT2D eigenvalue weighted by Gasteiger charge is 2.44. The Hall–Kier alpha value is -1.39. The number of hydrogen-bond acceptors (Lipinski definition) is 1. The van der Waals surface area contributed by atoms with Crippen LogP contribution in [-0.4, -0.2) is 30.4 Å². The van der Waals surface area contributed by atoms with E-state index >= 15 is 0 Å². The van der Waals surface area contributed by atoms with Gasteiger partial charge in [-0.2, -0.15) is 4.58 Å². The Labute approximate surface area is 191 Å². The predicted octanol–water partition coefficient (Wildman–Crippen LogP) is 6.96. The third-order valence-corrected chi connectivity index (χ3v) is 7.95. The summed E-state index contributed by atoms with van der Waals surface area (Å²) >= 11 is 7.28. The van der Waals surface area contributed by atoms with E-state index in [1.807, 2.05) is 0 Å². The number of likely N-dealkylation sites (N-methyl/N-ethyl adjacent to an activating group) is 1. The Morgan fingerprint density at radius 3 is 2.31 bits per heavy atom. The van der Waals surface area contributed by atoms with Crippen molar-refractivity contribution in [2.45, 2.75) is 51.0 Å². The summed E-state index contributed by atoms with van der Waals surface area (Å²) in [5, 5.41) is 0. The molecule has 2 aromatic rings. The standard InChI is InChI=1S/C25H29Br2N2/c1-24(2)18-14-16(26)10-12-20(18)28(5)22(24)8-7-9-23-25(3,4)19-15-17(27)11-13-21(19)29(23)6/h7-8,10-15,23H,9H2,1-6H3/q+1/b8-7+. The summed E-state index contributed by atoms with van der Waals surface area (Å²) in [7, 11) is 4.41. The van der Waals surface area contributed by atoms with Crippen LogP contribution in [0.15, 0.2) is 57.5 Å². The zero-order valence-electron chi connectivity index (χ0n) is 18.1. The molecule has 0 fully saturated rings. The highest BCUT2D eigenvalue weighted by atomic mass is 79.9. The summed E-state index contributed by atoms with van der Waals surface area (Å²) in [4.78, 5) is 2.45. The first-order chi connectivity index (χ1) is 13.5. The lowest BCUT2D eigenvalue weighted by Crippen LogP contribution is -2.39. The molecule has 2 aliphatic rings. The van der Waals surface area contributed by atoms with E-state index in [9.17, 15) is 0 Å². The van der Waals surface area contributed by atoms with E-state index in [0.717, 1.165) is 15.4 Å². The van der Waals surface area contributed by atoms with Crippen LogP contribution >= 0.6 is 31.9 Å². The smallest absolute Gasteiger partial charge is 0.209 e. The van der Waals surface area contributed by atoms with Crippen molar-refractivity contribution in [3.05, 3.63) is 68.6 Å². The monoisotopic (exact) mass is 515 g/mol. The average molecular weight is 517 g/mol. The van der Waals surface area contributed by atoms with Crippen molar-refractivity contribution in [2.24, 2.45) is 0 Å². The van der Waals surface area contributed by atoms with Gasteiger partial charge in [-0.15, -0.1) is 0 Å². The summed E-state index contributed by atoms with van der Waals surface area (Å²) in [6.07, 6.45) is 5.73. The van der Waals surface area contributed by atoms with Gasteiger partial charge in [-0.1, -0.05) is 51.8 Å². The maximum atomic E-state index is 3.65. The van der Waals surface area contributed by atoms with Gasteiger partial charge in [-0.25, -0.2) is 0 Å². The first-order valence-electron chi connectivity index (χ1n) is 10.2. The van der Waals surface area contributed by atoms with Gasteiger partial charge in [-0.3, -0.25) is 0 Å². The molecule has 0 N–H and O–H groups in total. The third kappa shape index (κ3) is 3.23. The van der Waals surface area contributed by atoms with E-state index in [0.29, 0.717) is 6.04 Å². The summed E-state index contributed by atoms with van der Waals surface area (Å²) in [5.41, 5.74) is 6.90. The van der Waals surface area contributed by atoms with Gasteiger partial charge in [-0.05, 0) is 56.2 Å². The van der Waals surface area contributed by atoms with Crippen molar-refractivity contribution in [1.82, 2.24) is 0 Å². The van der Waals surface area contributed by atoms with E-state index in [4.69, 9.17) is 0 Å². The van der Waals surface area contributed by atoms with E-state index < -0.39 is 0 Å². The molecule has 0 aromatic heterocycles. The van der Waals surface area contributed by atoms with Crippen LogP contribution < -0.4 is 4.90 Å². The molecule has 0 saturated carbocycles. The normalized spacial score (nSPS) is 21.8. The highest BCUT2D eigenvalue weighted by molar-refractivity contribution is 9.10. The first-order valence-corrected chi connectivity index (χ1v) is 11.7. The largest absolute Gasteiger partial charge is 0.370 e. The molecular formula is C25H29Br2N2+. The fourth-order valence-corrected chi connectivity index (χ4v) is 5.96. The average Bonchev–Trinajstić information content (AvgIpc) is 2.95. The van der Waals surface area contributed by atoms with E-state index in [2.05, 4.69) is 132 Å². The number of benzene rings is 2. The Balaban J connectivity index is 1.61. The summed E-state index contributed by atoms with van der Waals surface area (Å²) in [5.74, 6) is 0. The second-order valence-electron chi connectivity index (χ2n) is 9.38. The van der Waals surface area contributed by atoms with Crippen molar-refractivity contribution in [3.63, 3.8) is 0 Å². The number of rotatable bonds is 3. The number of nitrogens with zero attached hydrogens (tertiary/aromatic N) is 2. The van der Waals surface area contributed by atoms with Crippen LogP contribution in [0.5, 0.6) is 0 Å². The van der Waals surface area contributed by atoms with E-state index in [1.165, 1.54) is 28.2 Å². The number of fused-ring (bicyclic) bond motifs is 2. The maximum absolute atomic E-state index is 3.65. The minimum absolute atomic E-state index is 0.00468. The van der Waals surface area contributed by atoms with Crippen molar-refractivity contribution < 1.29 is 4.58 Å². The van der Waals surface area contributed by atoms with E-state index in [1.54, 1.807) is 0 Å². The topological polar surface area (TPSA) is 6.25 Å². The number of hydrogen-bond donors (Lipinski definition) is 0. The minimum atomic E-state index is -0.00468. The highest BCUT2D eigenvalue weighted by Crippen LogP contribution is 2.47. The molecule has 4 rings (SSSR count). The van der Waals surface area contributed by atoms with Gasteiger partial charge in [0.1, 0.15) is 7.05 Å². The van der Waals surface area contributed by atoms with Crippen molar-refractivity contribution in [3.8, 4) is 0 Å². The molecule has 0 aliphatic carbocycles. The zero-order valence-corrected chi connectivity index (χ0v) is 21.2. The molecule has 0 bridgehead atoms. The molecule has 2 nitrogen and oxygen atoms in total. The SMILES string of the molecule is CN1c2ccc(Br)cc2C(C)(C)C1C/C=C/C1=[N+](C)c2ccc(Br)cc2C1(C)C. The fraction of sp³-hybridized carbons (Fsp3) is 0.400. The third-order valence-electron chi connectivity index (χ3n) is 6.96. The summed E-state index contributed by atoms with van der Waals surface area (Å²) in [6.45, 7) is 9.37. The predicted molar refractivity (Wildman–Crippen MR) is 131 cm³/mol. The van der Waals surface area contributed by atoms with Gasteiger partial charge in [0.2, 0.25) is 5.69 Å². The van der Waals surface area contributed by atoms with E-state index in [-0.39, 0.29) is 10.8 Å². The molecule has 152 valence electrons. The Morgan fingerprint density at radius 2 is 1.62 bits per heavy atom. The molecule has 0 radical (unpaired) electrons. The Kier molecular flexibility index (Phi) is 5.10. The zero-order chi connectivity index (χ0) is 21.1. The summed E-state index contributed by atoms with van der Waals surface area (Å²) in [6, 6.07) is 13.7. The van der Waals surface area contributed by atoms with Crippen molar-refractivity contribution in [1.29, 1.82) is 0 Å². The van der Waals surface area contributed by atoms with Crippen LogP contribution in [0.1, 0.15) is 45.2 Å². The van der Waals surface area contributed by atoms with Crippen LogP contribution in [0.4, 0.5) is 11.4 Å². The number of anilines is 1. The molecule has 29 heavy (non-hydrogen) atoms. The van der Waals surface area contributed by atoms with Gasteiger partial charge in [0, 0.05) is 50.8 Å². The number of allylic oxidation sites excluding steroid dienone is 1. The molecule has 2 heterocycles. The van der Waals surface area contributed by atoms with Crippen LogP contribution in [0, 0.1) is 0 Å². The van der Waals surface area contributed by atoms with Crippen LogP contribution in [0.3, 0.4) is 0 Å². The minimum Gasteiger partial charge on any atom is -0.370 e. The van der Waals surface area contributed by atoms with Crippen molar-refractivity contribution >= 4 is 48.9 Å². The van der Waals surface area contributed by atoms with Gasteiger partial charge < -0.3 is 4.90 Å². The molecule has 2 aliphatic heterocycles. The molecule has 0 spiro atoms. The van der Waals surface area contributed by atoms with Crippen LogP contribution in [0.25, 0.3) is 0 Å². The maximum Gasteiger partial charge on any atom is 0.209 e. The fourth-order valence-electron chi connectivity index (χ4n) is 5.23. The van der Waals surface area contributed by atoms with Crippen LogP contribution in [-0.2, 0) is 10.8 Å². The van der Waals surface area contributed by atoms with Gasteiger partial charge in [0.15, 0.2) is 5.71 Å². The molecule has 1 atom stereocenters. The number of halogens is 2. The van der Waals surface area contributed by atoms with Crippen molar-refractivity contribution in [2.75, 3.05) is 19.0 Å². The van der Waals surface area contributed by atoms with Gasteiger partial charge >= 0.3 is 0 Å². The van der Waals surface area contributed by atoms with Gasteiger partial charge in [0.25, 0.3) is 0 Å². The lowest BCUT2D eigenvalue weighted by atomic mass is 9.78. The van der Waals surface area contributed by atoms with Gasteiger partial charge in [0.05, 0.1) is 5.41 Å². The molecule has 1 unspecified atom stereocenters.